The number of nitrogens with zero attached hydrogens (tertiary/aromatic N) is 1. The second-order valence-corrected chi connectivity index (χ2v) is 2.59. The zero-order valence-corrected chi connectivity index (χ0v) is 6.61. The Bertz CT molecular complexity index is 450. The predicted molar refractivity (Wildman–Crippen MR) is 44.9 cm³/mol. The lowest BCUT2D eigenvalue weighted by molar-refractivity contribution is -0.0611. The van der Waals surface area contributed by atoms with Crippen molar-refractivity contribution in [3.63, 3.8) is 0 Å². The molecule has 0 N–H and O–H groups in total. The molecule has 0 aliphatic heterocycles. The Morgan fingerprint density at radius 2 is 2.08 bits per heavy atom. The molecule has 0 aliphatic rings. The SMILES string of the molecule is O=C(OF)n1ccc2ccccc21. The molecule has 1 aromatic carbocycles. The molecule has 3 nitrogen and oxygen atoms in total. The summed E-state index contributed by atoms with van der Waals surface area (Å²) in [4.78, 5) is 14.0. The van der Waals surface area contributed by atoms with E-state index >= 15 is 0 Å². The van der Waals surface area contributed by atoms with Crippen LogP contribution in [0.15, 0.2) is 36.5 Å². The molecule has 0 radical (unpaired) electrons. The number of hydrogen-bond donors (Lipinski definition) is 0. The number of rotatable bonds is 0. The van der Waals surface area contributed by atoms with Gasteiger partial charge in [0.05, 0.1) is 5.52 Å². The second kappa shape index (κ2) is 2.90. The number of hydrogen-bond acceptors (Lipinski definition) is 2. The monoisotopic (exact) mass is 179 g/mol. The first-order valence-electron chi connectivity index (χ1n) is 3.72. The van der Waals surface area contributed by atoms with Gasteiger partial charge in [-0.15, -0.1) is 0 Å². The van der Waals surface area contributed by atoms with Crippen LogP contribution in [0.3, 0.4) is 0 Å². The van der Waals surface area contributed by atoms with E-state index in [1.54, 1.807) is 18.2 Å². The fourth-order valence-corrected chi connectivity index (χ4v) is 1.28. The first-order valence-corrected chi connectivity index (χ1v) is 3.72. The van der Waals surface area contributed by atoms with Crippen LogP contribution in [-0.4, -0.2) is 10.7 Å². The van der Waals surface area contributed by atoms with Crippen molar-refractivity contribution in [1.29, 1.82) is 0 Å². The third-order valence-corrected chi connectivity index (χ3v) is 1.86. The number of carbonyl (C=O) groups excluding carboxylic acids is 1. The van der Waals surface area contributed by atoms with Gasteiger partial charge in [0, 0.05) is 16.1 Å². The first-order chi connectivity index (χ1) is 6.33. The minimum absolute atomic E-state index is 0.630. The van der Waals surface area contributed by atoms with Crippen LogP contribution in [0, 0.1) is 0 Å². The fraction of sp³-hybridized carbons (Fsp3) is 0. The summed E-state index contributed by atoms with van der Waals surface area (Å²) in [5, 5.41) is 0.868. The molecule has 0 amide bonds. The van der Waals surface area contributed by atoms with Crippen LogP contribution < -0.4 is 0 Å². The minimum Gasteiger partial charge on any atom is -0.250 e. The van der Waals surface area contributed by atoms with Crippen LogP contribution in [0.4, 0.5) is 9.32 Å². The molecule has 0 spiro atoms. The Hall–Kier alpha value is -1.84. The van der Waals surface area contributed by atoms with E-state index in [1.165, 1.54) is 6.20 Å². The summed E-state index contributed by atoms with van der Waals surface area (Å²) >= 11 is 0. The van der Waals surface area contributed by atoms with Crippen molar-refractivity contribution in [2.45, 2.75) is 0 Å². The van der Waals surface area contributed by atoms with Crippen LogP contribution >= 0.6 is 0 Å². The van der Waals surface area contributed by atoms with Crippen molar-refractivity contribution in [3.05, 3.63) is 36.5 Å². The van der Waals surface area contributed by atoms with E-state index in [0.29, 0.717) is 5.52 Å². The summed E-state index contributed by atoms with van der Waals surface area (Å²) in [7, 11) is 0. The van der Waals surface area contributed by atoms with Crippen LogP contribution in [0.1, 0.15) is 0 Å². The van der Waals surface area contributed by atoms with Gasteiger partial charge in [-0.1, -0.05) is 18.2 Å². The molecular weight excluding hydrogens is 173 g/mol. The van der Waals surface area contributed by atoms with Crippen LogP contribution in [0.5, 0.6) is 0 Å². The first kappa shape index (κ1) is 7.79. The molecule has 1 aromatic heterocycles. The van der Waals surface area contributed by atoms with E-state index in [9.17, 15) is 9.32 Å². The predicted octanol–water partition coefficient (Wildman–Crippen LogP) is 2.51. The molecule has 0 atom stereocenters. The van der Waals surface area contributed by atoms with Crippen molar-refractivity contribution >= 4 is 17.0 Å². The maximum absolute atomic E-state index is 11.6. The fourth-order valence-electron chi connectivity index (χ4n) is 1.28. The number of halogens is 1. The number of fused-ring (bicyclic) bond motifs is 1. The summed E-state index contributed by atoms with van der Waals surface area (Å²) in [5.74, 6) is 0. The van der Waals surface area contributed by atoms with Crippen molar-refractivity contribution in [3.8, 4) is 0 Å². The van der Waals surface area contributed by atoms with Gasteiger partial charge in [-0.25, -0.2) is 9.74 Å². The molecule has 13 heavy (non-hydrogen) atoms. The lowest BCUT2D eigenvalue weighted by Gasteiger charge is -1.96. The van der Waals surface area contributed by atoms with Gasteiger partial charge in [0.25, 0.3) is 0 Å². The highest BCUT2D eigenvalue weighted by atomic mass is 19.3. The number of benzene rings is 1. The van der Waals surface area contributed by atoms with Crippen LogP contribution in [-0.2, 0) is 4.94 Å². The van der Waals surface area contributed by atoms with E-state index in [-0.39, 0.29) is 0 Å². The Kier molecular flexibility index (Phi) is 1.73. The van der Waals surface area contributed by atoms with E-state index in [4.69, 9.17) is 0 Å². The molecule has 1 heterocycles. The van der Waals surface area contributed by atoms with Gasteiger partial charge in [-0.2, -0.15) is 0 Å². The summed E-state index contributed by atoms with van der Waals surface area (Å²) in [6, 6.07) is 8.87. The van der Waals surface area contributed by atoms with Crippen LogP contribution in [0.2, 0.25) is 0 Å². The minimum atomic E-state index is -1.03. The van der Waals surface area contributed by atoms with Crippen molar-refractivity contribution in [1.82, 2.24) is 4.57 Å². The van der Waals surface area contributed by atoms with Crippen molar-refractivity contribution in [2.75, 3.05) is 0 Å². The van der Waals surface area contributed by atoms with Gasteiger partial charge < -0.3 is 0 Å². The Morgan fingerprint density at radius 3 is 2.85 bits per heavy atom. The highest BCUT2D eigenvalue weighted by Gasteiger charge is 2.08. The zero-order chi connectivity index (χ0) is 9.26. The largest absolute Gasteiger partial charge is 0.455 e. The molecule has 2 aromatic rings. The van der Waals surface area contributed by atoms with Gasteiger partial charge in [0.1, 0.15) is 0 Å². The number of carbonyl (C=O) groups is 1. The lowest BCUT2D eigenvalue weighted by Crippen LogP contribution is -2.07. The second-order valence-electron chi connectivity index (χ2n) is 2.59. The summed E-state index contributed by atoms with van der Waals surface area (Å²) in [6.45, 7) is 0. The summed E-state index contributed by atoms with van der Waals surface area (Å²) in [6.07, 6.45) is 0.438. The molecule has 4 heteroatoms. The van der Waals surface area contributed by atoms with Gasteiger partial charge in [-0.05, 0) is 12.1 Å². The quantitative estimate of drug-likeness (QED) is 0.622. The van der Waals surface area contributed by atoms with Crippen molar-refractivity contribution < 1.29 is 14.3 Å². The maximum Gasteiger partial charge on any atom is 0.455 e. The molecule has 0 saturated heterocycles. The molecule has 0 bridgehead atoms. The smallest absolute Gasteiger partial charge is 0.250 e. The maximum atomic E-state index is 11.6. The molecule has 2 rings (SSSR count). The highest BCUT2D eigenvalue weighted by Crippen LogP contribution is 2.15. The van der Waals surface area contributed by atoms with Gasteiger partial charge in [-0.3, -0.25) is 4.57 Å². The highest BCUT2D eigenvalue weighted by molar-refractivity contribution is 5.89. The van der Waals surface area contributed by atoms with E-state index in [1.807, 2.05) is 12.1 Å². The molecule has 66 valence electrons. The van der Waals surface area contributed by atoms with Crippen molar-refractivity contribution in [2.24, 2.45) is 0 Å². The Morgan fingerprint density at radius 1 is 1.31 bits per heavy atom. The van der Waals surface area contributed by atoms with Crippen LogP contribution in [0.25, 0.3) is 10.9 Å². The number of para-hydroxylation sites is 1. The average molecular weight is 179 g/mol. The average Bonchev–Trinajstić information content (AvgIpc) is 2.60. The van der Waals surface area contributed by atoms with E-state index < -0.39 is 6.09 Å². The summed E-state index contributed by atoms with van der Waals surface area (Å²) in [5.41, 5.74) is 0.630. The molecule has 0 unspecified atom stereocenters. The lowest BCUT2D eigenvalue weighted by atomic mass is 10.2. The molecule has 0 fully saturated rings. The standard InChI is InChI=1S/C9H6FNO2/c10-13-9(12)11-6-5-7-3-1-2-4-8(7)11/h1-6H. The zero-order valence-electron chi connectivity index (χ0n) is 6.61. The number of aromatic nitrogens is 1. The van der Waals surface area contributed by atoms with Gasteiger partial charge in [0.15, 0.2) is 0 Å². The Balaban J connectivity index is 2.64. The van der Waals surface area contributed by atoms with E-state index in [2.05, 4.69) is 4.94 Å². The molecule has 0 aliphatic carbocycles. The van der Waals surface area contributed by atoms with E-state index in [0.717, 1.165) is 9.95 Å². The third kappa shape index (κ3) is 1.16. The summed E-state index contributed by atoms with van der Waals surface area (Å²) < 4.78 is 12.7. The normalized spacial score (nSPS) is 10.2. The third-order valence-electron chi connectivity index (χ3n) is 1.86. The topological polar surface area (TPSA) is 31.2 Å². The molecular formula is C9H6FNO2. The van der Waals surface area contributed by atoms with Gasteiger partial charge >= 0.3 is 6.09 Å². The molecule has 0 saturated carbocycles. The Labute approximate surface area is 73.2 Å². The van der Waals surface area contributed by atoms with Gasteiger partial charge in [0.2, 0.25) is 0 Å².